The SMILES string of the molecule is Nc1cc2nccc(=O)n2[nH]1. The van der Waals surface area contributed by atoms with Crippen LogP contribution in [0.2, 0.25) is 0 Å². The summed E-state index contributed by atoms with van der Waals surface area (Å²) in [5, 5.41) is 2.65. The molecule has 0 aromatic carbocycles. The molecule has 5 nitrogen and oxygen atoms in total. The van der Waals surface area contributed by atoms with Gasteiger partial charge in [0.25, 0.3) is 5.56 Å². The van der Waals surface area contributed by atoms with Crippen molar-refractivity contribution >= 4 is 11.5 Å². The molecule has 0 bridgehead atoms. The Hall–Kier alpha value is -1.78. The van der Waals surface area contributed by atoms with E-state index in [-0.39, 0.29) is 5.56 Å². The molecule has 0 saturated heterocycles. The fourth-order valence-electron chi connectivity index (χ4n) is 0.937. The third-order valence-corrected chi connectivity index (χ3v) is 1.40. The zero-order chi connectivity index (χ0) is 7.84. The van der Waals surface area contributed by atoms with E-state index in [4.69, 9.17) is 5.73 Å². The predicted octanol–water partition coefficient (Wildman–Crippen LogP) is -0.395. The van der Waals surface area contributed by atoms with Gasteiger partial charge in [-0.25, -0.2) is 4.98 Å². The summed E-state index contributed by atoms with van der Waals surface area (Å²) in [6, 6.07) is 2.96. The van der Waals surface area contributed by atoms with Crippen molar-refractivity contribution in [3.63, 3.8) is 0 Å². The molecule has 0 radical (unpaired) electrons. The van der Waals surface area contributed by atoms with E-state index in [1.165, 1.54) is 16.8 Å². The number of H-pyrrole nitrogens is 1. The van der Waals surface area contributed by atoms with Crippen LogP contribution in [0.3, 0.4) is 0 Å². The molecule has 2 aromatic heterocycles. The standard InChI is InChI=1S/C6H6N4O/c7-4-3-5-8-2-1-6(11)10(5)9-4/h1-3,9H,7H2. The van der Waals surface area contributed by atoms with Crippen molar-refractivity contribution in [1.29, 1.82) is 0 Å². The fourth-order valence-corrected chi connectivity index (χ4v) is 0.937. The molecule has 5 heteroatoms. The maximum atomic E-state index is 11.0. The highest BCUT2D eigenvalue weighted by Gasteiger charge is 1.97. The van der Waals surface area contributed by atoms with Gasteiger partial charge in [0.2, 0.25) is 0 Å². The summed E-state index contributed by atoms with van der Waals surface area (Å²) in [4.78, 5) is 14.9. The van der Waals surface area contributed by atoms with Crippen LogP contribution < -0.4 is 11.3 Å². The predicted molar refractivity (Wildman–Crippen MR) is 40.2 cm³/mol. The van der Waals surface area contributed by atoms with Gasteiger partial charge in [0.15, 0.2) is 5.65 Å². The summed E-state index contributed by atoms with van der Waals surface area (Å²) in [5.74, 6) is 0.431. The van der Waals surface area contributed by atoms with Gasteiger partial charge < -0.3 is 5.73 Å². The Morgan fingerprint density at radius 1 is 1.64 bits per heavy atom. The van der Waals surface area contributed by atoms with Crippen LogP contribution in [-0.2, 0) is 0 Å². The number of hydrogen-bond acceptors (Lipinski definition) is 3. The van der Waals surface area contributed by atoms with Crippen molar-refractivity contribution < 1.29 is 0 Å². The third-order valence-electron chi connectivity index (χ3n) is 1.40. The van der Waals surface area contributed by atoms with Crippen molar-refractivity contribution in [3.05, 3.63) is 28.7 Å². The maximum Gasteiger partial charge on any atom is 0.272 e. The number of hydrogen-bond donors (Lipinski definition) is 2. The summed E-state index contributed by atoms with van der Waals surface area (Å²) < 4.78 is 1.29. The van der Waals surface area contributed by atoms with E-state index in [0.29, 0.717) is 11.5 Å². The molecule has 0 atom stereocenters. The Kier molecular flexibility index (Phi) is 1.00. The molecule has 0 amide bonds. The molecule has 0 spiro atoms. The second-order valence-electron chi connectivity index (χ2n) is 2.19. The molecule has 56 valence electrons. The van der Waals surface area contributed by atoms with E-state index >= 15 is 0 Å². The largest absolute Gasteiger partial charge is 0.384 e. The van der Waals surface area contributed by atoms with E-state index in [1.54, 1.807) is 6.07 Å². The van der Waals surface area contributed by atoms with Crippen LogP contribution in [0, 0.1) is 0 Å². The monoisotopic (exact) mass is 150 g/mol. The van der Waals surface area contributed by atoms with E-state index in [2.05, 4.69) is 10.1 Å². The highest BCUT2D eigenvalue weighted by molar-refractivity contribution is 5.46. The first-order chi connectivity index (χ1) is 5.27. The molecule has 2 rings (SSSR count). The molecule has 0 saturated carbocycles. The lowest BCUT2D eigenvalue weighted by atomic mass is 10.6. The van der Waals surface area contributed by atoms with Crippen molar-refractivity contribution in [3.8, 4) is 0 Å². The number of nitrogens with one attached hydrogen (secondary N) is 1. The number of fused-ring (bicyclic) bond motifs is 1. The number of aromatic nitrogens is 3. The Morgan fingerprint density at radius 2 is 2.45 bits per heavy atom. The van der Waals surface area contributed by atoms with E-state index in [9.17, 15) is 4.79 Å². The van der Waals surface area contributed by atoms with Gasteiger partial charge in [-0.2, -0.15) is 4.52 Å². The van der Waals surface area contributed by atoms with Crippen molar-refractivity contribution in [2.45, 2.75) is 0 Å². The highest BCUT2D eigenvalue weighted by atomic mass is 16.1. The first-order valence-corrected chi connectivity index (χ1v) is 3.09. The van der Waals surface area contributed by atoms with Gasteiger partial charge in [0.1, 0.15) is 5.82 Å². The minimum Gasteiger partial charge on any atom is -0.384 e. The maximum absolute atomic E-state index is 11.0. The lowest BCUT2D eigenvalue weighted by Gasteiger charge is -1.87. The van der Waals surface area contributed by atoms with Crippen LogP contribution in [0.1, 0.15) is 0 Å². The van der Waals surface area contributed by atoms with Gasteiger partial charge in [0.05, 0.1) is 0 Å². The number of nitrogens with zero attached hydrogens (tertiary/aromatic N) is 2. The van der Waals surface area contributed by atoms with Crippen molar-refractivity contribution in [2.24, 2.45) is 0 Å². The minimum atomic E-state index is -0.160. The Bertz CT molecular complexity index is 441. The van der Waals surface area contributed by atoms with Gasteiger partial charge in [-0.05, 0) is 0 Å². The summed E-state index contributed by atoms with van der Waals surface area (Å²) in [6.07, 6.45) is 1.45. The average Bonchev–Trinajstić information content (AvgIpc) is 2.31. The summed E-state index contributed by atoms with van der Waals surface area (Å²) in [5.41, 5.74) is 5.78. The van der Waals surface area contributed by atoms with E-state index < -0.39 is 0 Å². The average molecular weight is 150 g/mol. The molecule has 0 aliphatic heterocycles. The van der Waals surface area contributed by atoms with Gasteiger partial charge in [-0.1, -0.05) is 0 Å². The van der Waals surface area contributed by atoms with Crippen LogP contribution in [0.15, 0.2) is 23.1 Å². The second kappa shape index (κ2) is 1.85. The van der Waals surface area contributed by atoms with Crippen LogP contribution in [0.4, 0.5) is 5.82 Å². The first-order valence-electron chi connectivity index (χ1n) is 3.09. The lowest BCUT2D eigenvalue weighted by molar-refractivity contribution is 0.904. The summed E-state index contributed by atoms with van der Waals surface area (Å²) in [7, 11) is 0. The Morgan fingerprint density at radius 3 is 3.18 bits per heavy atom. The molecule has 0 fully saturated rings. The number of nitrogen functional groups attached to an aromatic ring is 1. The second-order valence-corrected chi connectivity index (χ2v) is 2.19. The number of aromatic amines is 1. The zero-order valence-electron chi connectivity index (χ0n) is 5.61. The number of anilines is 1. The highest BCUT2D eigenvalue weighted by Crippen LogP contribution is 1.99. The van der Waals surface area contributed by atoms with Gasteiger partial charge >= 0.3 is 0 Å². The summed E-state index contributed by atoms with van der Waals surface area (Å²) >= 11 is 0. The van der Waals surface area contributed by atoms with Gasteiger partial charge in [-0.3, -0.25) is 9.89 Å². The smallest absolute Gasteiger partial charge is 0.272 e. The molecular formula is C6H6N4O. The first kappa shape index (κ1) is 5.96. The molecule has 11 heavy (non-hydrogen) atoms. The minimum absolute atomic E-state index is 0.160. The molecule has 0 aliphatic carbocycles. The van der Waals surface area contributed by atoms with Crippen molar-refractivity contribution in [2.75, 3.05) is 5.73 Å². The van der Waals surface area contributed by atoms with E-state index in [1.807, 2.05) is 0 Å². The topological polar surface area (TPSA) is 76.2 Å². The molecule has 2 aromatic rings. The van der Waals surface area contributed by atoms with Gasteiger partial charge in [-0.15, -0.1) is 0 Å². The number of rotatable bonds is 0. The number of nitrogens with two attached hydrogens (primary N) is 1. The van der Waals surface area contributed by atoms with Crippen LogP contribution in [0.25, 0.3) is 5.65 Å². The van der Waals surface area contributed by atoms with E-state index in [0.717, 1.165) is 0 Å². The Labute approximate surface area is 61.5 Å². The van der Waals surface area contributed by atoms with Crippen LogP contribution in [-0.4, -0.2) is 14.6 Å². The van der Waals surface area contributed by atoms with Crippen molar-refractivity contribution in [1.82, 2.24) is 14.6 Å². The molecule has 0 unspecified atom stereocenters. The van der Waals surface area contributed by atoms with Gasteiger partial charge in [0, 0.05) is 18.3 Å². The quantitative estimate of drug-likeness (QED) is 0.536. The molecular weight excluding hydrogens is 144 g/mol. The van der Waals surface area contributed by atoms with Crippen LogP contribution >= 0.6 is 0 Å². The molecule has 2 heterocycles. The molecule has 3 N–H and O–H groups in total. The molecule has 0 aliphatic rings. The van der Waals surface area contributed by atoms with Crippen LogP contribution in [0.5, 0.6) is 0 Å². The third kappa shape index (κ3) is 0.778. The summed E-state index contributed by atoms with van der Waals surface area (Å²) in [6.45, 7) is 0. The fraction of sp³-hybridized carbons (Fsp3) is 0. The Balaban J connectivity index is 3.02. The lowest BCUT2D eigenvalue weighted by Crippen LogP contribution is -2.12. The zero-order valence-corrected chi connectivity index (χ0v) is 5.61. The normalized spacial score (nSPS) is 10.5.